The Bertz CT molecular complexity index is 761. The molecule has 0 bridgehead atoms. The maximum Gasteiger partial charge on any atom is 0.322 e. The number of hydrogen-bond donors (Lipinski definition) is 3. The zero-order valence-electron chi connectivity index (χ0n) is 13.8. The van der Waals surface area contributed by atoms with Crippen LogP contribution in [0.1, 0.15) is 29.5 Å². The van der Waals surface area contributed by atoms with Crippen LogP contribution in [0.5, 0.6) is 0 Å². The van der Waals surface area contributed by atoms with E-state index in [2.05, 4.69) is 16.0 Å². The van der Waals surface area contributed by atoms with Crippen LogP contribution in [0.25, 0.3) is 0 Å². The van der Waals surface area contributed by atoms with Crippen molar-refractivity contribution in [1.29, 1.82) is 0 Å². The molecule has 1 aromatic carbocycles. The van der Waals surface area contributed by atoms with E-state index in [4.69, 9.17) is 11.6 Å². The Morgan fingerprint density at radius 3 is 2.60 bits per heavy atom. The average molecular weight is 363 g/mol. The third-order valence-electron chi connectivity index (χ3n) is 5.25. The van der Waals surface area contributed by atoms with Gasteiger partial charge in [0.05, 0.1) is 6.54 Å². The number of rotatable bonds is 3. The minimum atomic E-state index is -1.01. The Morgan fingerprint density at radius 2 is 2.00 bits per heavy atom. The van der Waals surface area contributed by atoms with E-state index in [1.54, 1.807) is 4.90 Å². The summed E-state index contributed by atoms with van der Waals surface area (Å²) in [6.07, 6.45) is 1.74. The molecule has 7 nitrogen and oxygen atoms in total. The normalized spacial score (nSPS) is 24.8. The molecule has 25 heavy (non-hydrogen) atoms. The lowest BCUT2D eigenvalue weighted by Gasteiger charge is -2.27. The van der Waals surface area contributed by atoms with Gasteiger partial charge in [0.1, 0.15) is 5.54 Å². The Morgan fingerprint density at radius 1 is 1.32 bits per heavy atom. The van der Waals surface area contributed by atoms with Crippen LogP contribution in [0.4, 0.5) is 9.59 Å². The summed E-state index contributed by atoms with van der Waals surface area (Å²) in [5, 5.41) is 8.50. The number of aryl methyl sites for hydroxylation is 1. The molecule has 132 valence electrons. The van der Waals surface area contributed by atoms with E-state index in [1.165, 1.54) is 0 Å². The highest BCUT2D eigenvalue weighted by molar-refractivity contribution is 6.31. The van der Waals surface area contributed by atoms with Crippen molar-refractivity contribution in [2.75, 3.05) is 6.54 Å². The van der Waals surface area contributed by atoms with E-state index in [9.17, 15) is 14.4 Å². The Hall–Kier alpha value is -2.28. The third kappa shape index (κ3) is 2.72. The maximum atomic E-state index is 12.6. The number of amides is 5. The number of halogens is 1. The first kappa shape index (κ1) is 16.2. The zero-order valence-corrected chi connectivity index (χ0v) is 14.6. The second-order valence-electron chi connectivity index (χ2n) is 7.04. The zero-order chi connectivity index (χ0) is 17.8. The Balaban J connectivity index is 1.43. The number of benzene rings is 1. The first-order chi connectivity index (χ1) is 11.9. The first-order valence-corrected chi connectivity index (χ1v) is 8.71. The lowest BCUT2D eigenvalue weighted by atomic mass is 9.93. The van der Waals surface area contributed by atoms with Gasteiger partial charge in [-0.1, -0.05) is 17.7 Å². The van der Waals surface area contributed by atoms with Crippen molar-refractivity contribution < 1.29 is 14.4 Å². The second kappa shape index (κ2) is 5.62. The van der Waals surface area contributed by atoms with Crippen molar-refractivity contribution in [2.45, 2.75) is 38.4 Å². The number of urea groups is 2. The number of fused-ring (bicyclic) bond motifs is 1. The summed E-state index contributed by atoms with van der Waals surface area (Å²) in [5.41, 5.74) is 2.09. The number of imide groups is 1. The Labute approximate surface area is 150 Å². The van der Waals surface area contributed by atoms with Crippen molar-refractivity contribution in [1.82, 2.24) is 20.9 Å². The van der Waals surface area contributed by atoms with Crippen LogP contribution >= 0.6 is 11.6 Å². The summed E-state index contributed by atoms with van der Waals surface area (Å²) in [5.74, 6) is -0.274. The van der Waals surface area contributed by atoms with Gasteiger partial charge < -0.3 is 15.5 Å². The van der Waals surface area contributed by atoms with Gasteiger partial charge in [0.15, 0.2) is 0 Å². The molecule has 8 heteroatoms. The molecule has 0 aromatic heterocycles. The number of nitrogens with one attached hydrogen (secondary N) is 3. The highest BCUT2D eigenvalue weighted by atomic mass is 35.5. The highest BCUT2D eigenvalue weighted by Crippen LogP contribution is 2.41. The SMILES string of the molecule is Cc1cc2c(cc1Cl)CN(C(=O)NC[C@]1(C3CC3)NC(=O)NC1=O)C2. The van der Waals surface area contributed by atoms with Crippen LogP contribution in [0.3, 0.4) is 0 Å². The topological polar surface area (TPSA) is 90.5 Å². The largest absolute Gasteiger partial charge is 0.335 e. The molecule has 2 fully saturated rings. The van der Waals surface area contributed by atoms with Crippen molar-refractivity contribution in [3.05, 3.63) is 33.8 Å². The molecule has 2 aliphatic heterocycles. The molecule has 1 aliphatic carbocycles. The predicted octanol–water partition coefficient (Wildman–Crippen LogP) is 1.66. The summed E-state index contributed by atoms with van der Waals surface area (Å²) in [6, 6.07) is 3.15. The van der Waals surface area contributed by atoms with Crippen molar-refractivity contribution >= 4 is 29.6 Å². The quantitative estimate of drug-likeness (QED) is 0.714. The average Bonchev–Trinajstić information content (AvgIpc) is 3.27. The summed E-state index contributed by atoms with van der Waals surface area (Å²) in [4.78, 5) is 38.0. The van der Waals surface area contributed by atoms with Crippen molar-refractivity contribution in [3.63, 3.8) is 0 Å². The Kier molecular flexibility index (Phi) is 3.64. The van der Waals surface area contributed by atoms with E-state index >= 15 is 0 Å². The number of nitrogens with zero attached hydrogens (tertiary/aromatic N) is 1. The van der Waals surface area contributed by atoms with Crippen LogP contribution in [-0.2, 0) is 17.9 Å². The fourth-order valence-corrected chi connectivity index (χ4v) is 3.84. The van der Waals surface area contributed by atoms with Gasteiger partial charge in [-0.15, -0.1) is 0 Å². The lowest BCUT2D eigenvalue weighted by molar-refractivity contribution is -0.124. The van der Waals surface area contributed by atoms with Gasteiger partial charge in [-0.05, 0) is 48.4 Å². The van der Waals surface area contributed by atoms with E-state index in [1.807, 2.05) is 19.1 Å². The molecule has 3 aliphatic rings. The van der Waals surface area contributed by atoms with Crippen LogP contribution in [-0.4, -0.2) is 35.0 Å². The molecule has 0 radical (unpaired) electrons. The van der Waals surface area contributed by atoms with Gasteiger partial charge in [-0.2, -0.15) is 0 Å². The van der Waals surface area contributed by atoms with Crippen LogP contribution in [0.15, 0.2) is 12.1 Å². The predicted molar refractivity (Wildman–Crippen MR) is 91.0 cm³/mol. The van der Waals surface area contributed by atoms with Gasteiger partial charge in [0.2, 0.25) is 0 Å². The second-order valence-corrected chi connectivity index (χ2v) is 7.45. The van der Waals surface area contributed by atoms with Crippen LogP contribution in [0.2, 0.25) is 5.02 Å². The number of hydrogen-bond acceptors (Lipinski definition) is 3. The summed E-state index contributed by atoms with van der Waals surface area (Å²) < 4.78 is 0. The van der Waals surface area contributed by atoms with Crippen LogP contribution < -0.4 is 16.0 Å². The van der Waals surface area contributed by atoms with Crippen molar-refractivity contribution in [2.24, 2.45) is 5.92 Å². The van der Waals surface area contributed by atoms with E-state index in [0.717, 1.165) is 29.5 Å². The lowest BCUT2D eigenvalue weighted by Crippen LogP contribution is -2.58. The molecule has 0 spiro atoms. The molecule has 2 heterocycles. The van der Waals surface area contributed by atoms with Gasteiger partial charge in [0.25, 0.3) is 5.91 Å². The van der Waals surface area contributed by atoms with Gasteiger partial charge in [-0.3, -0.25) is 10.1 Å². The smallest absolute Gasteiger partial charge is 0.322 e. The van der Waals surface area contributed by atoms with Gasteiger partial charge in [0, 0.05) is 18.1 Å². The molecule has 0 unspecified atom stereocenters. The summed E-state index contributed by atoms with van der Waals surface area (Å²) in [7, 11) is 0. The molecule has 1 saturated carbocycles. The summed E-state index contributed by atoms with van der Waals surface area (Å²) >= 11 is 6.15. The third-order valence-corrected chi connectivity index (χ3v) is 5.66. The van der Waals surface area contributed by atoms with Gasteiger partial charge >= 0.3 is 12.1 Å². The first-order valence-electron chi connectivity index (χ1n) is 8.33. The molecule has 5 amide bonds. The number of carbonyl (C=O) groups excluding carboxylic acids is 3. The van der Waals surface area contributed by atoms with Crippen LogP contribution in [0, 0.1) is 12.8 Å². The fourth-order valence-electron chi connectivity index (χ4n) is 3.65. The van der Waals surface area contributed by atoms with E-state index < -0.39 is 11.6 Å². The molecular weight excluding hydrogens is 344 g/mol. The maximum absolute atomic E-state index is 12.6. The number of carbonyl (C=O) groups is 3. The minimum Gasteiger partial charge on any atom is -0.335 e. The highest BCUT2D eigenvalue weighted by Gasteiger charge is 2.56. The molecule has 1 atom stereocenters. The van der Waals surface area contributed by atoms with E-state index in [-0.39, 0.29) is 24.4 Å². The van der Waals surface area contributed by atoms with E-state index in [0.29, 0.717) is 18.1 Å². The molecule has 1 aromatic rings. The molecule has 1 saturated heterocycles. The monoisotopic (exact) mass is 362 g/mol. The molecule has 3 N–H and O–H groups in total. The minimum absolute atomic E-state index is 0.0801. The fraction of sp³-hybridized carbons (Fsp3) is 0.471. The van der Waals surface area contributed by atoms with Gasteiger partial charge in [-0.25, -0.2) is 9.59 Å². The molecular formula is C17H19ClN4O3. The summed E-state index contributed by atoms with van der Waals surface area (Å²) in [6.45, 7) is 3.02. The van der Waals surface area contributed by atoms with Crippen molar-refractivity contribution in [3.8, 4) is 0 Å². The molecule has 4 rings (SSSR count). The standard InChI is InChI=1S/C17H19ClN4O3/c1-9-4-10-6-22(7-11(10)5-13(9)18)16(25)19-8-17(12-2-3-12)14(23)20-15(24)21-17/h4-5,12H,2-3,6-8H2,1H3,(H,19,25)(H2,20,21,23,24)/t17-/m1/s1.